The molecule has 188 valence electrons. The predicted octanol–water partition coefficient (Wildman–Crippen LogP) is 5.99. The van der Waals surface area contributed by atoms with Crippen molar-refractivity contribution in [2.45, 2.75) is 87.6 Å². The van der Waals surface area contributed by atoms with Gasteiger partial charge in [-0.15, -0.1) is 11.3 Å². The Labute approximate surface area is 213 Å². The van der Waals surface area contributed by atoms with Crippen molar-refractivity contribution in [3.8, 4) is 0 Å². The molecule has 1 atom stereocenters. The van der Waals surface area contributed by atoms with Crippen LogP contribution in [0.1, 0.15) is 80.3 Å². The number of aromatic nitrogens is 1. The summed E-state index contributed by atoms with van der Waals surface area (Å²) in [6, 6.07) is 8.79. The van der Waals surface area contributed by atoms with Gasteiger partial charge in [-0.1, -0.05) is 25.0 Å². The Balaban J connectivity index is 1.07. The summed E-state index contributed by atoms with van der Waals surface area (Å²) in [5.74, 6) is -0.339. The zero-order valence-corrected chi connectivity index (χ0v) is 21.5. The van der Waals surface area contributed by atoms with Crippen LogP contribution in [-0.2, 0) is 26.2 Å². The number of allylic oxidation sites excluding steroid dienone is 1. The molecule has 2 spiro atoms. The molecule has 4 heterocycles. The second kappa shape index (κ2) is 10.1. The Morgan fingerprint density at radius 1 is 1.00 bits per heavy atom. The van der Waals surface area contributed by atoms with E-state index < -0.39 is 0 Å². The molecular formula is C29H38N2O3S. The Kier molecular flexibility index (Phi) is 6.84. The van der Waals surface area contributed by atoms with Crippen molar-refractivity contribution in [3.63, 3.8) is 0 Å². The molecule has 2 aliphatic carbocycles. The summed E-state index contributed by atoms with van der Waals surface area (Å²) in [4.78, 5) is 6.25. The Hall–Kier alpha value is -1.57. The Morgan fingerprint density at radius 3 is 2.66 bits per heavy atom. The predicted molar refractivity (Wildman–Crippen MR) is 139 cm³/mol. The van der Waals surface area contributed by atoms with Crippen molar-refractivity contribution in [1.29, 1.82) is 0 Å². The molecule has 2 aromatic rings. The number of thiophene rings is 1. The molecular weight excluding hydrogens is 456 g/mol. The quantitative estimate of drug-likeness (QED) is 0.479. The van der Waals surface area contributed by atoms with E-state index in [-0.39, 0.29) is 16.8 Å². The smallest absolute Gasteiger partial charge is 0.172 e. The molecule has 3 fully saturated rings. The number of pyridine rings is 1. The lowest BCUT2D eigenvalue weighted by Crippen LogP contribution is -2.47. The van der Waals surface area contributed by atoms with Gasteiger partial charge in [-0.05, 0) is 79.8 Å². The number of hydrogen-bond donors (Lipinski definition) is 1. The van der Waals surface area contributed by atoms with Crippen LogP contribution in [-0.4, -0.2) is 42.7 Å². The van der Waals surface area contributed by atoms with Crippen LogP contribution >= 0.6 is 11.3 Å². The Morgan fingerprint density at radius 2 is 1.89 bits per heavy atom. The second-order valence-electron chi connectivity index (χ2n) is 10.9. The highest BCUT2D eigenvalue weighted by Gasteiger charge is 2.48. The molecule has 6 heteroatoms. The maximum atomic E-state index is 6.40. The summed E-state index contributed by atoms with van der Waals surface area (Å²) in [6.45, 7) is 4.24. The van der Waals surface area contributed by atoms with Gasteiger partial charge in [0.05, 0.1) is 18.8 Å². The molecule has 1 N–H and O–H groups in total. The minimum atomic E-state index is -0.339. The van der Waals surface area contributed by atoms with E-state index in [0.717, 1.165) is 71.4 Å². The summed E-state index contributed by atoms with van der Waals surface area (Å²) in [5.41, 5.74) is 4.27. The van der Waals surface area contributed by atoms with Crippen molar-refractivity contribution in [1.82, 2.24) is 10.3 Å². The van der Waals surface area contributed by atoms with Crippen LogP contribution in [0.5, 0.6) is 0 Å². The summed E-state index contributed by atoms with van der Waals surface area (Å²) in [6.07, 6.45) is 15.5. The molecule has 2 aromatic heterocycles. The van der Waals surface area contributed by atoms with Gasteiger partial charge in [0, 0.05) is 48.2 Å². The van der Waals surface area contributed by atoms with Crippen LogP contribution in [0.3, 0.4) is 0 Å². The number of ether oxygens (including phenoxy) is 3. The van der Waals surface area contributed by atoms with Gasteiger partial charge in [-0.2, -0.15) is 0 Å². The topological polar surface area (TPSA) is 52.6 Å². The van der Waals surface area contributed by atoms with E-state index in [1.807, 2.05) is 23.6 Å². The summed E-state index contributed by atoms with van der Waals surface area (Å²) in [5, 5.41) is 6.08. The van der Waals surface area contributed by atoms with Gasteiger partial charge in [-0.25, -0.2) is 0 Å². The number of hydrogen-bond acceptors (Lipinski definition) is 6. The monoisotopic (exact) mass is 494 g/mol. The highest BCUT2D eigenvalue weighted by atomic mass is 32.1. The van der Waals surface area contributed by atoms with E-state index in [2.05, 4.69) is 35.0 Å². The standard InChI is InChI=1S/C29H38N2O3S/c1-4-14-31-26(5-1)27(13-16-32-28(22-27)8-2-3-9-28)12-15-30-20-25-19-24(21-35-25)23-6-10-29(11-7-23)33-17-18-34-29/h1,4-6,14,19,21,30H,2-3,7-13,15-18,20,22H2. The van der Waals surface area contributed by atoms with E-state index in [0.29, 0.717) is 0 Å². The van der Waals surface area contributed by atoms with Crippen LogP contribution in [0.2, 0.25) is 0 Å². The maximum absolute atomic E-state index is 6.40. The first kappa shape index (κ1) is 23.8. The van der Waals surface area contributed by atoms with Gasteiger partial charge < -0.3 is 19.5 Å². The molecule has 2 saturated heterocycles. The normalized spacial score (nSPS) is 27.5. The molecule has 2 aliphatic heterocycles. The van der Waals surface area contributed by atoms with Crippen LogP contribution in [0.15, 0.2) is 41.9 Å². The minimum Gasteiger partial charge on any atom is -0.375 e. The summed E-state index contributed by atoms with van der Waals surface area (Å²) < 4.78 is 18.1. The highest BCUT2D eigenvalue weighted by molar-refractivity contribution is 7.10. The molecule has 0 bridgehead atoms. The fourth-order valence-corrected chi connectivity index (χ4v) is 7.68. The van der Waals surface area contributed by atoms with Gasteiger partial charge >= 0.3 is 0 Å². The van der Waals surface area contributed by atoms with Crippen LogP contribution < -0.4 is 5.32 Å². The van der Waals surface area contributed by atoms with Gasteiger partial charge in [0.25, 0.3) is 0 Å². The van der Waals surface area contributed by atoms with Crippen molar-refractivity contribution in [2.24, 2.45) is 0 Å². The van der Waals surface area contributed by atoms with E-state index in [1.165, 1.54) is 47.4 Å². The molecule has 1 saturated carbocycles. The van der Waals surface area contributed by atoms with Crippen LogP contribution in [0, 0.1) is 0 Å². The fraction of sp³-hybridized carbons (Fsp3) is 0.621. The molecule has 6 rings (SSSR count). The third-order valence-electron chi connectivity index (χ3n) is 8.72. The zero-order chi connectivity index (χ0) is 23.6. The third kappa shape index (κ3) is 5.01. The van der Waals surface area contributed by atoms with Gasteiger partial charge in [0.1, 0.15) is 0 Å². The molecule has 35 heavy (non-hydrogen) atoms. The molecule has 0 aromatic carbocycles. The fourth-order valence-electron chi connectivity index (χ4n) is 6.81. The van der Waals surface area contributed by atoms with Crippen molar-refractivity contribution in [3.05, 3.63) is 58.1 Å². The lowest BCUT2D eigenvalue weighted by atomic mass is 9.68. The third-order valence-corrected chi connectivity index (χ3v) is 9.66. The van der Waals surface area contributed by atoms with Gasteiger partial charge in [-0.3, -0.25) is 4.98 Å². The van der Waals surface area contributed by atoms with Crippen molar-refractivity contribution < 1.29 is 14.2 Å². The first-order valence-corrected chi connectivity index (χ1v) is 14.4. The average molecular weight is 495 g/mol. The largest absolute Gasteiger partial charge is 0.375 e. The van der Waals surface area contributed by atoms with Crippen molar-refractivity contribution >= 4 is 16.9 Å². The number of nitrogens with zero attached hydrogens (tertiary/aromatic N) is 1. The molecule has 5 nitrogen and oxygen atoms in total. The highest BCUT2D eigenvalue weighted by Crippen LogP contribution is 2.49. The van der Waals surface area contributed by atoms with E-state index >= 15 is 0 Å². The maximum Gasteiger partial charge on any atom is 0.172 e. The lowest BCUT2D eigenvalue weighted by Gasteiger charge is -2.46. The number of rotatable bonds is 7. The first-order valence-electron chi connectivity index (χ1n) is 13.5. The van der Waals surface area contributed by atoms with E-state index in [4.69, 9.17) is 19.2 Å². The second-order valence-corrected chi connectivity index (χ2v) is 11.9. The van der Waals surface area contributed by atoms with E-state index in [1.54, 1.807) is 0 Å². The zero-order valence-electron chi connectivity index (χ0n) is 20.7. The van der Waals surface area contributed by atoms with Crippen LogP contribution in [0.25, 0.3) is 5.57 Å². The lowest BCUT2D eigenvalue weighted by molar-refractivity contribution is -0.159. The first-order chi connectivity index (χ1) is 17.2. The number of nitrogens with one attached hydrogen (secondary N) is 1. The summed E-state index contributed by atoms with van der Waals surface area (Å²) in [7, 11) is 0. The summed E-state index contributed by atoms with van der Waals surface area (Å²) >= 11 is 1.87. The Bertz CT molecular complexity index is 1020. The van der Waals surface area contributed by atoms with Crippen LogP contribution in [0.4, 0.5) is 0 Å². The SMILES string of the molecule is C1=C(c2csc(CNCCC3(c4ccccn4)CCOC4(CCCC4)C3)c2)CCC2(C1)OCCO2. The van der Waals surface area contributed by atoms with Crippen molar-refractivity contribution in [2.75, 3.05) is 26.4 Å². The molecule has 0 amide bonds. The van der Waals surface area contributed by atoms with E-state index in [9.17, 15) is 0 Å². The van der Waals surface area contributed by atoms with Gasteiger partial charge in [0.15, 0.2) is 5.79 Å². The van der Waals surface area contributed by atoms with Gasteiger partial charge in [0.2, 0.25) is 0 Å². The minimum absolute atomic E-state index is 0.0826. The molecule has 4 aliphatic rings. The molecule has 0 radical (unpaired) electrons. The molecule has 1 unspecified atom stereocenters. The average Bonchev–Trinajstić information content (AvgIpc) is 3.66.